The van der Waals surface area contributed by atoms with Crippen LogP contribution >= 0.6 is 0 Å². The van der Waals surface area contributed by atoms with E-state index in [0.29, 0.717) is 6.61 Å². The van der Waals surface area contributed by atoms with E-state index in [4.69, 9.17) is 9.47 Å². The van der Waals surface area contributed by atoms with Gasteiger partial charge in [0.15, 0.2) is 0 Å². The first kappa shape index (κ1) is 17.8. The summed E-state index contributed by atoms with van der Waals surface area (Å²) in [7, 11) is 0. The van der Waals surface area contributed by atoms with Gasteiger partial charge in [-0.1, -0.05) is 39.0 Å². The number of rotatable bonds is 9. The van der Waals surface area contributed by atoms with Gasteiger partial charge in [0.1, 0.15) is 24.9 Å². The van der Waals surface area contributed by atoms with Gasteiger partial charge in [-0.15, -0.1) is 0 Å². The topological polar surface area (TPSA) is 99.4 Å². The van der Waals surface area contributed by atoms with Crippen molar-refractivity contribution in [3.8, 4) is 0 Å². The summed E-state index contributed by atoms with van der Waals surface area (Å²) in [5.74, 6) is -1.62. The van der Waals surface area contributed by atoms with E-state index >= 15 is 0 Å². The van der Waals surface area contributed by atoms with Crippen molar-refractivity contribution in [2.75, 3.05) is 19.8 Å². The molecular weight excluding hydrogens is 264 g/mol. The molecule has 120 valence electrons. The zero-order valence-electron chi connectivity index (χ0n) is 12.2. The Kier molecular flexibility index (Phi) is 7.94. The molecule has 0 bridgehead atoms. The SMILES string of the molecule is CCCCCCCCO[C@]1(CO)OC[C@H](O)[C@@H](O)[C@@H]1O. The molecule has 6 nitrogen and oxygen atoms in total. The minimum absolute atomic E-state index is 0.171. The Hall–Kier alpha value is -0.240. The summed E-state index contributed by atoms with van der Waals surface area (Å²) in [5.41, 5.74) is 0. The Morgan fingerprint density at radius 3 is 2.40 bits per heavy atom. The standard InChI is InChI=1S/C14H28O6/c1-2-3-4-5-6-7-8-19-14(10-15)13(18)12(17)11(16)9-20-14/h11-13,15-18H,2-10H2,1H3/t11-,12+,13-,14+/m0/s1. The normalized spacial score (nSPS) is 34.4. The molecule has 4 atom stereocenters. The average Bonchev–Trinajstić information content (AvgIpc) is 2.46. The quantitative estimate of drug-likeness (QED) is 0.452. The fourth-order valence-corrected chi connectivity index (χ4v) is 2.32. The number of hydrogen-bond acceptors (Lipinski definition) is 6. The van der Waals surface area contributed by atoms with E-state index in [1.54, 1.807) is 0 Å². The first-order valence-corrected chi connectivity index (χ1v) is 7.50. The maximum Gasteiger partial charge on any atom is 0.221 e. The number of ether oxygens (including phenoxy) is 2. The second-order valence-electron chi connectivity index (χ2n) is 5.40. The summed E-state index contributed by atoms with van der Waals surface area (Å²) in [6.07, 6.45) is 2.58. The van der Waals surface area contributed by atoms with Crippen LogP contribution in [-0.4, -0.2) is 64.3 Å². The van der Waals surface area contributed by atoms with Crippen LogP contribution in [0.15, 0.2) is 0 Å². The van der Waals surface area contributed by atoms with Crippen molar-refractivity contribution in [3.05, 3.63) is 0 Å². The van der Waals surface area contributed by atoms with Crippen LogP contribution in [-0.2, 0) is 9.47 Å². The lowest BCUT2D eigenvalue weighted by Gasteiger charge is -2.43. The third-order valence-corrected chi connectivity index (χ3v) is 3.73. The Morgan fingerprint density at radius 2 is 1.75 bits per heavy atom. The molecule has 1 fully saturated rings. The summed E-state index contributed by atoms with van der Waals surface area (Å²) in [6, 6.07) is 0. The first-order chi connectivity index (χ1) is 9.57. The third kappa shape index (κ3) is 4.65. The molecule has 0 radical (unpaired) electrons. The molecule has 0 spiro atoms. The van der Waals surface area contributed by atoms with Gasteiger partial charge in [0, 0.05) is 0 Å². The van der Waals surface area contributed by atoms with Crippen molar-refractivity contribution in [1.29, 1.82) is 0 Å². The molecule has 0 aliphatic carbocycles. The molecule has 0 aromatic heterocycles. The molecule has 1 saturated heterocycles. The van der Waals surface area contributed by atoms with E-state index in [1.165, 1.54) is 19.3 Å². The molecule has 0 amide bonds. The van der Waals surface area contributed by atoms with E-state index < -0.39 is 30.7 Å². The molecule has 1 aliphatic rings. The van der Waals surface area contributed by atoms with Gasteiger partial charge in [0.05, 0.1) is 13.2 Å². The van der Waals surface area contributed by atoms with Crippen LogP contribution in [0.3, 0.4) is 0 Å². The van der Waals surface area contributed by atoms with Crippen molar-refractivity contribution in [2.24, 2.45) is 0 Å². The smallest absolute Gasteiger partial charge is 0.221 e. The van der Waals surface area contributed by atoms with Crippen LogP contribution in [0.5, 0.6) is 0 Å². The molecule has 0 aromatic rings. The summed E-state index contributed by atoms with van der Waals surface area (Å²) in [4.78, 5) is 0. The lowest BCUT2D eigenvalue weighted by Crippen LogP contribution is -2.63. The molecule has 6 heteroatoms. The number of hydrogen-bond donors (Lipinski definition) is 4. The van der Waals surface area contributed by atoms with Crippen LogP contribution in [0, 0.1) is 0 Å². The van der Waals surface area contributed by atoms with Crippen LogP contribution < -0.4 is 0 Å². The monoisotopic (exact) mass is 292 g/mol. The van der Waals surface area contributed by atoms with Gasteiger partial charge in [-0.05, 0) is 6.42 Å². The van der Waals surface area contributed by atoms with E-state index in [9.17, 15) is 20.4 Å². The highest BCUT2D eigenvalue weighted by molar-refractivity contribution is 4.92. The zero-order chi connectivity index (χ0) is 15.0. The second kappa shape index (κ2) is 8.92. The van der Waals surface area contributed by atoms with Crippen molar-refractivity contribution < 1.29 is 29.9 Å². The lowest BCUT2D eigenvalue weighted by atomic mass is 9.97. The minimum atomic E-state index is -1.62. The summed E-state index contributed by atoms with van der Waals surface area (Å²) in [6.45, 7) is 1.77. The van der Waals surface area contributed by atoms with Crippen molar-refractivity contribution in [3.63, 3.8) is 0 Å². The third-order valence-electron chi connectivity index (χ3n) is 3.73. The lowest BCUT2D eigenvalue weighted by molar-refractivity contribution is -0.348. The van der Waals surface area contributed by atoms with E-state index in [-0.39, 0.29) is 6.61 Å². The van der Waals surface area contributed by atoms with Gasteiger partial charge in [0.2, 0.25) is 5.79 Å². The summed E-state index contributed by atoms with van der Waals surface area (Å²) < 4.78 is 10.7. The van der Waals surface area contributed by atoms with Crippen molar-refractivity contribution in [1.82, 2.24) is 0 Å². The Morgan fingerprint density at radius 1 is 1.10 bits per heavy atom. The number of aliphatic hydroxyl groups excluding tert-OH is 4. The van der Waals surface area contributed by atoms with E-state index in [2.05, 4.69) is 6.92 Å². The fraction of sp³-hybridized carbons (Fsp3) is 1.00. The van der Waals surface area contributed by atoms with Gasteiger partial charge >= 0.3 is 0 Å². The van der Waals surface area contributed by atoms with Gasteiger partial charge in [-0.25, -0.2) is 0 Å². The summed E-state index contributed by atoms with van der Waals surface area (Å²) in [5, 5.41) is 38.3. The molecule has 1 aliphatic heterocycles. The molecule has 0 unspecified atom stereocenters. The molecule has 1 rings (SSSR count). The molecule has 0 aromatic carbocycles. The van der Waals surface area contributed by atoms with Crippen molar-refractivity contribution >= 4 is 0 Å². The first-order valence-electron chi connectivity index (χ1n) is 7.50. The van der Waals surface area contributed by atoms with Crippen LogP contribution in [0.1, 0.15) is 45.4 Å². The molecule has 1 heterocycles. The highest BCUT2D eigenvalue weighted by Crippen LogP contribution is 2.27. The minimum Gasteiger partial charge on any atom is -0.391 e. The Balaban J connectivity index is 2.31. The Labute approximate surface area is 120 Å². The summed E-state index contributed by atoms with van der Waals surface area (Å²) >= 11 is 0. The average molecular weight is 292 g/mol. The van der Waals surface area contributed by atoms with E-state index in [1.807, 2.05) is 0 Å². The highest BCUT2D eigenvalue weighted by Gasteiger charge is 2.50. The predicted molar refractivity (Wildman–Crippen MR) is 73.1 cm³/mol. The van der Waals surface area contributed by atoms with Crippen LogP contribution in [0.25, 0.3) is 0 Å². The largest absolute Gasteiger partial charge is 0.391 e. The molecular formula is C14H28O6. The number of aliphatic hydroxyl groups is 4. The predicted octanol–water partition coefficient (Wildman–Crippen LogP) is 0.165. The van der Waals surface area contributed by atoms with Crippen molar-refractivity contribution in [2.45, 2.75) is 69.5 Å². The molecule has 0 saturated carbocycles. The maximum atomic E-state index is 9.91. The van der Waals surface area contributed by atoms with Gasteiger partial charge in [-0.3, -0.25) is 0 Å². The second-order valence-corrected chi connectivity index (χ2v) is 5.40. The molecule has 20 heavy (non-hydrogen) atoms. The fourth-order valence-electron chi connectivity index (χ4n) is 2.32. The van der Waals surface area contributed by atoms with Crippen LogP contribution in [0.2, 0.25) is 0 Å². The molecule has 4 N–H and O–H groups in total. The van der Waals surface area contributed by atoms with Gasteiger partial charge < -0.3 is 29.9 Å². The zero-order valence-corrected chi connectivity index (χ0v) is 12.2. The maximum absolute atomic E-state index is 9.91. The number of unbranched alkanes of at least 4 members (excludes halogenated alkanes) is 5. The van der Waals surface area contributed by atoms with Gasteiger partial charge in [-0.2, -0.15) is 0 Å². The Bertz CT molecular complexity index is 262. The highest BCUT2D eigenvalue weighted by atomic mass is 16.7. The van der Waals surface area contributed by atoms with E-state index in [0.717, 1.165) is 19.3 Å². The van der Waals surface area contributed by atoms with Crippen LogP contribution in [0.4, 0.5) is 0 Å². The van der Waals surface area contributed by atoms with Gasteiger partial charge in [0.25, 0.3) is 0 Å².